The summed E-state index contributed by atoms with van der Waals surface area (Å²) >= 11 is 2.52. The van der Waals surface area contributed by atoms with E-state index in [-0.39, 0.29) is 18.3 Å². The molecule has 0 saturated heterocycles. The van der Waals surface area contributed by atoms with Crippen LogP contribution < -0.4 is 20.2 Å². The molecule has 0 radical (unpaired) electrons. The summed E-state index contributed by atoms with van der Waals surface area (Å²) in [5, 5.41) is 12.9. The number of hydrogen-bond acceptors (Lipinski definition) is 10. The van der Waals surface area contributed by atoms with E-state index in [9.17, 15) is 14.4 Å². The van der Waals surface area contributed by atoms with Gasteiger partial charge in [-0.3, -0.25) is 9.59 Å². The van der Waals surface area contributed by atoms with Crippen molar-refractivity contribution in [2.24, 2.45) is 0 Å². The largest absolute Gasteiger partial charge is 0.482 e. The van der Waals surface area contributed by atoms with Crippen molar-refractivity contribution in [3.63, 3.8) is 0 Å². The van der Waals surface area contributed by atoms with Gasteiger partial charge < -0.3 is 19.2 Å². The molecule has 0 aliphatic rings. The Morgan fingerprint density at radius 3 is 2.74 bits per heavy atom. The Morgan fingerprint density at radius 2 is 1.94 bits per heavy atom. The average Bonchev–Trinajstić information content (AvgIpc) is 3.30. The number of anilines is 1. The Labute approximate surface area is 202 Å². The van der Waals surface area contributed by atoms with E-state index in [1.54, 1.807) is 13.0 Å². The summed E-state index contributed by atoms with van der Waals surface area (Å²) in [4.78, 5) is 35.8. The van der Waals surface area contributed by atoms with Crippen molar-refractivity contribution in [3.8, 4) is 11.5 Å². The number of hydrogen-bond donors (Lipinski definition) is 1. The number of nitrogens with zero attached hydrogens (tertiary/aromatic N) is 2. The average molecular weight is 498 g/mol. The first kappa shape index (κ1) is 23.5. The molecule has 0 saturated carbocycles. The zero-order valence-electron chi connectivity index (χ0n) is 18.0. The summed E-state index contributed by atoms with van der Waals surface area (Å²) in [6.07, 6.45) is 1.44. The number of rotatable bonds is 9. The maximum atomic E-state index is 12.3. The van der Waals surface area contributed by atoms with Crippen molar-refractivity contribution in [1.82, 2.24) is 10.2 Å². The number of carbonyl (C=O) groups excluding carboxylic acids is 2. The van der Waals surface area contributed by atoms with Gasteiger partial charge >= 0.3 is 5.97 Å². The van der Waals surface area contributed by atoms with Crippen molar-refractivity contribution in [2.45, 2.75) is 23.4 Å². The summed E-state index contributed by atoms with van der Waals surface area (Å²) in [5.41, 5.74) is -0.492. The second-order valence-electron chi connectivity index (χ2n) is 6.91. The molecule has 11 heteroatoms. The quantitative estimate of drug-likeness (QED) is 0.205. The van der Waals surface area contributed by atoms with E-state index in [4.69, 9.17) is 13.9 Å². The normalized spacial score (nSPS) is 10.7. The highest BCUT2D eigenvalue weighted by atomic mass is 32.2. The van der Waals surface area contributed by atoms with Crippen LogP contribution in [0, 0.1) is 0 Å². The zero-order chi connectivity index (χ0) is 23.9. The van der Waals surface area contributed by atoms with Gasteiger partial charge in [-0.1, -0.05) is 60.4 Å². The number of carbonyl (C=O) groups is 2. The van der Waals surface area contributed by atoms with E-state index in [2.05, 4.69) is 15.5 Å². The number of amides is 1. The predicted molar refractivity (Wildman–Crippen MR) is 128 cm³/mol. The van der Waals surface area contributed by atoms with Gasteiger partial charge in [-0.25, -0.2) is 4.79 Å². The molecular weight excluding hydrogens is 478 g/mol. The first-order valence-corrected chi connectivity index (χ1v) is 12.0. The Bertz CT molecular complexity index is 1380. The molecule has 34 heavy (non-hydrogen) atoms. The van der Waals surface area contributed by atoms with E-state index in [1.807, 2.05) is 36.4 Å². The molecule has 9 nitrogen and oxygen atoms in total. The monoisotopic (exact) mass is 497 g/mol. The van der Waals surface area contributed by atoms with E-state index in [1.165, 1.54) is 29.2 Å². The number of ether oxygens (including phenoxy) is 2. The van der Waals surface area contributed by atoms with Gasteiger partial charge in [-0.15, -0.1) is 10.2 Å². The minimum absolute atomic E-state index is 0.147. The highest BCUT2D eigenvalue weighted by molar-refractivity contribution is 8.00. The standard InChI is InChI=1S/C23H19N3O6S2/c1-2-20(28)24-22-25-26-23(34-22)33-13-17-10-18(27)19(11-30-17)32-21(29)12-31-16-8-7-14-5-3-4-6-15(14)9-16/h3-11H,2,12-13H2,1H3,(H,24,25,28). The minimum Gasteiger partial charge on any atom is -0.482 e. The lowest BCUT2D eigenvalue weighted by Crippen LogP contribution is -2.20. The van der Waals surface area contributed by atoms with Crippen LogP contribution >= 0.6 is 23.1 Å². The highest BCUT2D eigenvalue weighted by Crippen LogP contribution is 2.28. The van der Waals surface area contributed by atoms with Crippen LogP contribution in [0.5, 0.6) is 11.5 Å². The topological polar surface area (TPSA) is 121 Å². The molecule has 174 valence electrons. The van der Waals surface area contributed by atoms with E-state index in [0.717, 1.165) is 17.0 Å². The number of esters is 1. The van der Waals surface area contributed by atoms with Gasteiger partial charge in [0.1, 0.15) is 17.8 Å². The summed E-state index contributed by atoms with van der Waals surface area (Å²) in [6, 6.07) is 14.5. The third-order valence-corrected chi connectivity index (χ3v) is 6.46. The Balaban J connectivity index is 1.29. The van der Waals surface area contributed by atoms with Gasteiger partial charge in [0, 0.05) is 12.5 Å². The predicted octanol–water partition coefficient (Wildman–Crippen LogP) is 4.27. The number of thioether (sulfide) groups is 1. The number of fused-ring (bicyclic) bond motifs is 1. The van der Waals surface area contributed by atoms with Crippen LogP contribution in [-0.2, 0) is 15.3 Å². The lowest BCUT2D eigenvalue weighted by molar-refractivity contribution is -0.136. The van der Waals surface area contributed by atoms with Crippen LogP contribution in [0.2, 0.25) is 0 Å². The van der Waals surface area contributed by atoms with Crippen molar-refractivity contribution in [3.05, 3.63) is 70.8 Å². The molecule has 0 spiro atoms. The minimum atomic E-state index is -0.724. The molecular formula is C23H19N3O6S2. The molecule has 4 aromatic rings. The van der Waals surface area contributed by atoms with Crippen molar-refractivity contribution in [2.75, 3.05) is 11.9 Å². The Hall–Kier alpha value is -3.70. The molecule has 2 aromatic carbocycles. The fraction of sp³-hybridized carbons (Fsp3) is 0.174. The van der Waals surface area contributed by atoms with Gasteiger partial charge in [-0.05, 0) is 22.9 Å². The number of benzene rings is 2. The van der Waals surface area contributed by atoms with Crippen LogP contribution in [0.15, 0.2) is 68.3 Å². The molecule has 1 N–H and O–H groups in total. The zero-order valence-corrected chi connectivity index (χ0v) is 19.6. The van der Waals surface area contributed by atoms with E-state index >= 15 is 0 Å². The maximum Gasteiger partial charge on any atom is 0.349 e. The molecule has 0 bridgehead atoms. The first-order chi connectivity index (χ1) is 16.5. The molecule has 1 amide bonds. The molecule has 0 aliphatic heterocycles. The Kier molecular flexibility index (Phi) is 7.55. The van der Waals surface area contributed by atoms with Crippen LogP contribution in [0.1, 0.15) is 19.1 Å². The summed E-state index contributed by atoms with van der Waals surface area (Å²) in [7, 11) is 0. The van der Waals surface area contributed by atoms with Crippen molar-refractivity contribution in [1.29, 1.82) is 0 Å². The number of nitrogens with one attached hydrogen (secondary N) is 1. The van der Waals surface area contributed by atoms with Gasteiger partial charge in [0.05, 0.1) is 5.75 Å². The van der Waals surface area contributed by atoms with Crippen molar-refractivity contribution < 1.29 is 23.5 Å². The third-order valence-electron chi connectivity index (χ3n) is 4.47. The summed E-state index contributed by atoms with van der Waals surface area (Å²) in [6.45, 7) is 1.39. The molecule has 0 aliphatic carbocycles. The second kappa shape index (κ2) is 10.9. The van der Waals surface area contributed by atoms with Gasteiger partial charge in [0.25, 0.3) is 0 Å². The highest BCUT2D eigenvalue weighted by Gasteiger charge is 2.13. The fourth-order valence-electron chi connectivity index (χ4n) is 2.80. The van der Waals surface area contributed by atoms with Gasteiger partial charge in [-0.2, -0.15) is 0 Å². The molecule has 0 unspecified atom stereocenters. The smallest absolute Gasteiger partial charge is 0.349 e. The fourth-order valence-corrected chi connectivity index (χ4v) is 4.46. The first-order valence-electron chi connectivity index (χ1n) is 10.2. The molecule has 2 aromatic heterocycles. The van der Waals surface area contributed by atoms with Gasteiger partial charge in [0.15, 0.2) is 10.9 Å². The third kappa shape index (κ3) is 6.21. The molecule has 0 atom stereocenters. The SMILES string of the molecule is CCC(=O)Nc1nnc(SCc2cc(=O)c(OC(=O)COc3ccc4ccccc4c3)co2)s1. The second-order valence-corrected chi connectivity index (χ2v) is 9.11. The lowest BCUT2D eigenvalue weighted by atomic mass is 10.1. The molecule has 2 heterocycles. The van der Waals surface area contributed by atoms with Crippen molar-refractivity contribution >= 4 is 50.9 Å². The van der Waals surface area contributed by atoms with Gasteiger partial charge in [0.2, 0.25) is 22.2 Å². The summed E-state index contributed by atoms with van der Waals surface area (Å²) in [5.74, 6) is 0.108. The van der Waals surface area contributed by atoms with Crippen LogP contribution in [0.4, 0.5) is 5.13 Å². The maximum absolute atomic E-state index is 12.3. The molecule has 4 rings (SSSR count). The van der Waals surface area contributed by atoms with Crippen LogP contribution in [-0.4, -0.2) is 28.7 Å². The summed E-state index contributed by atoms with van der Waals surface area (Å²) < 4.78 is 16.6. The van der Waals surface area contributed by atoms with E-state index < -0.39 is 11.4 Å². The molecule has 0 fully saturated rings. The lowest BCUT2D eigenvalue weighted by Gasteiger charge is -2.07. The van der Waals surface area contributed by atoms with Crippen LogP contribution in [0.3, 0.4) is 0 Å². The number of aromatic nitrogens is 2. The Morgan fingerprint density at radius 1 is 1.12 bits per heavy atom. The van der Waals surface area contributed by atoms with E-state index in [0.29, 0.717) is 33.2 Å². The van der Waals surface area contributed by atoms with Crippen LogP contribution in [0.25, 0.3) is 10.8 Å².